The lowest BCUT2D eigenvalue weighted by atomic mass is 9.88. The highest BCUT2D eigenvalue weighted by Gasteiger charge is 2.29. The van der Waals surface area contributed by atoms with E-state index in [0.29, 0.717) is 66.8 Å². The molecule has 5 nitrogen and oxygen atoms in total. The minimum Gasteiger partial charge on any atom is -0.486 e. The van der Waals surface area contributed by atoms with Gasteiger partial charge < -0.3 is 14.4 Å². The monoisotopic (exact) mass is 385 g/mol. The Morgan fingerprint density at radius 3 is 2.41 bits per heavy atom. The first-order valence-electron chi connectivity index (χ1n) is 9.10. The maximum absolute atomic E-state index is 12.9. The van der Waals surface area contributed by atoms with E-state index in [2.05, 4.69) is 0 Å². The third-order valence-corrected chi connectivity index (χ3v) is 5.29. The number of rotatable bonds is 3. The van der Waals surface area contributed by atoms with Crippen molar-refractivity contribution in [3.63, 3.8) is 0 Å². The van der Waals surface area contributed by atoms with Gasteiger partial charge in [0.1, 0.15) is 13.2 Å². The second-order valence-electron chi connectivity index (χ2n) is 6.80. The molecule has 2 heterocycles. The normalized spacial score (nSPS) is 16.9. The Kier molecular flexibility index (Phi) is 5.03. The molecule has 140 valence electrons. The van der Waals surface area contributed by atoms with Crippen LogP contribution in [0.5, 0.6) is 11.5 Å². The zero-order valence-electron chi connectivity index (χ0n) is 14.8. The number of hydrogen-bond donors (Lipinski definition) is 0. The zero-order chi connectivity index (χ0) is 18.8. The van der Waals surface area contributed by atoms with Crippen molar-refractivity contribution in [3.8, 4) is 11.5 Å². The molecule has 2 aliphatic heterocycles. The number of piperidine rings is 1. The molecule has 0 N–H and O–H groups in total. The topological polar surface area (TPSA) is 55.8 Å². The van der Waals surface area contributed by atoms with E-state index >= 15 is 0 Å². The third kappa shape index (κ3) is 3.78. The van der Waals surface area contributed by atoms with Gasteiger partial charge in [-0.2, -0.15) is 0 Å². The summed E-state index contributed by atoms with van der Waals surface area (Å²) in [6, 6.07) is 12.3. The summed E-state index contributed by atoms with van der Waals surface area (Å²) < 4.78 is 11.1. The summed E-state index contributed by atoms with van der Waals surface area (Å²) >= 11 is 5.98. The molecule has 2 aliphatic rings. The van der Waals surface area contributed by atoms with Crippen LogP contribution in [-0.4, -0.2) is 42.9 Å². The van der Waals surface area contributed by atoms with Gasteiger partial charge in [-0.15, -0.1) is 0 Å². The van der Waals surface area contributed by atoms with Gasteiger partial charge in [0, 0.05) is 35.2 Å². The highest BCUT2D eigenvalue weighted by atomic mass is 35.5. The van der Waals surface area contributed by atoms with Crippen molar-refractivity contribution in [2.45, 2.75) is 12.8 Å². The van der Waals surface area contributed by atoms with Crippen molar-refractivity contribution in [1.29, 1.82) is 0 Å². The van der Waals surface area contributed by atoms with Gasteiger partial charge in [0.15, 0.2) is 17.3 Å². The fourth-order valence-corrected chi connectivity index (χ4v) is 3.77. The summed E-state index contributed by atoms with van der Waals surface area (Å²) in [6.45, 7) is 2.15. The summed E-state index contributed by atoms with van der Waals surface area (Å²) in [5.74, 6) is 1.28. The van der Waals surface area contributed by atoms with Crippen LogP contribution in [0.15, 0.2) is 42.5 Å². The van der Waals surface area contributed by atoms with Gasteiger partial charge in [-0.25, -0.2) is 0 Å². The quantitative estimate of drug-likeness (QED) is 0.753. The van der Waals surface area contributed by atoms with Crippen LogP contribution in [0.1, 0.15) is 33.6 Å². The van der Waals surface area contributed by atoms with Gasteiger partial charge in [0.2, 0.25) is 0 Å². The number of Topliss-reactive ketones (excluding diaryl/α,β-unsaturated/α-hetero) is 1. The van der Waals surface area contributed by atoms with Crippen molar-refractivity contribution in [2.24, 2.45) is 5.92 Å². The molecule has 6 heteroatoms. The average Bonchev–Trinajstić information content (AvgIpc) is 2.72. The van der Waals surface area contributed by atoms with Crippen LogP contribution < -0.4 is 9.47 Å². The Bertz CT molecular complexity index is 874. The van der Waals surface area contributed by atoms with Gasteiger partial charge in [-0.05, 0) is 49.2 Å². The number of amides is 1. The minimum absolute atomic E-state index is 0.0391. The fourth-order valence-electron chi connectivity index (χ4n) is 3.58. The summed E-state index contributed by atoms with van der Waals surface area (Å²) in [5.41, 5.74) is 1.22. The van der Waals surface area contributed by atoms with Gasteiger partial charge in [-0.3, -0.25) is 9.59 Å². The Morgan fingerprint density at radius 2 is 1.67 bits per heavy atom. The predicted molar refractivity (Wildman–Crippen MR) is 102 cm³/mol. The predicted octanol–water partition coefficient (Wildman–Crippen LogP) is 3.85. The molecule has 0 spiro atoms. The zero-order valence-corrected chi connectivity index (χ0v) is 15.6. The van der Waals surface area contributed by atoms with Gasteiger partial charge in [0.25, 0.3) is 5.91 Å². The Labute approximate surface area is 162 Å². The van der Waals surface area contributed by atoms with Crippen LogP contribution in [0.2, 0.25) is 5.02 Å². The highest BCUT2D eigenvalue weighted by Crippen LogP contribution is 2.32. The summed E-state index contributed by atoms with van der Waals surface area (Å²) in [7, 11) is 0. The van der Waals surface area contributed by atoms with E-state index in [4.69, 9.17) is 21.1 Å². The second kappa shape index (κ2) is 7.61. The maximum Gasteiger partial charge on any atom is 0.253 e. The first-order chi connectivity index (χ1) is 13.1. The molecule has 0 saturated carbocycles. The van der Waals surface area contributed by atoms with E-state index < -0.39 is 0 Å². The number of ketones is 1. The molecule has 4 rings (SSSR count). The summed E-state index contributed by atoms with van der Waals surface area (Å²) in [5, 5.41) is 0.546. The number of halogens is 1. The number of ether oxygens (including phenoxy) is 2. The Morgan fingerprint density at radius 1 is 0.926 bits per heavy atom. The molecule has 1 saturated heterocycles. The SMILES string of the molecule is O=C(c1ccc2c(c1)OCCO2)C1CCN(C(=O)c2cccc(Cl)c2)CC1. The van der Waals surface area contributed by atoms with Crippen molar-refractivity contribution in [2.75, 3.05) is 26.3 Å². The number of carbonyl (C=O) groups is 2. The largest absolute Gasteiger partial charge is 0.486 e. The molecule has 0 aliphatic carbocycles. The first-order valence-corrected chi connectivity index (χ1v) is 9.48. The molecule has 0 radical (unpaired) electrons. The smallest absolute Gasteiger partial charge is 0.253 e. The molecule has 1 fully saturated rings. The van der Waals surface area contributed by atoms with Crippen molar-refractivity contribution >= 4 is 23.3 Å². The Balaban J connectivity index is 1.40. The second-order valence-corrected chi connectivity index (χ2v) is 7.24. The van der Waals surface area contributed by atoms with Crippen LogP contribution in [0.3, 0.4) is 0 Å². The molecule has 1 amide bonds. The fraction of sp³-hybridized carbons (Fsp3) is 0.333. The van der Waals surface area contributed by atoms with Gasteiger partial charge >= 0.3 is 0 Å². The highest BCUT2D eigenvalue weighted by molar-refractivity contribution is 6.30. The number of nitrogens with zero attached hydrogens (tertiary/aromatic N) is 1. The van der Waals surface area contributed by atoms with E-state index in [-0.39, 0.29) is 17.6 Å². The third-order valence-electron chi connectivity index (χ3n) is 5.05. The molecule has 27 heavy (non-hydrogen) atoms. The van der Waals surface area contributed by atoms with Crippen LogP contribution in [0, 0.1) is 5.92 Å². The van der Waals surface area contributed by atoms with Crippen molar-refractivity contribution in [1.82, 2.24) is 4.90 Å². The molecule has 0 aromatic heterocycles. The number of likely N-dealkylation sites (tertiary alicyclic amines) is 1. The Hall–Kier alpha value is -2.53. The molecule has 0 bridgehead atoms. The van der Waals surface area contributed by atoms with Crippen LogP contribution in [0.4, 0.5) is 0 Å². The molecule has 0 unspecified atom stereocenters. The maximum atomic E-state index is 12.9. The van der Waals surface area contributed by atoms with Gasteiger partial charge in [-0.1, -0.05) is 17.7 Å². The standard InChI is InChI=1S/C21H20ClNO4/c22-17-3-1-2-16(12-17)21(25)23-8-6-14(7-9-23)20(24)15-4-5-18-19(13-15)27-11-10-26-18/h1-5,12-14H,6-11H2. The van der Waals surface area contributed by atoms with Crippen LogP contribution in [-0.2, 0) is 0 Å². The van der Waals surface area contributed by atoms with E-state index in [0.717, 1.165) is 0 Å². The lowest BCUT2D eigenvalue weighted by molar-refractivity contribution is 0.0650. The van der Waals surface area contributed by atoms with E-state index in [1.54, 1.807) is 47.4 Å². The molecule has 0 atom stereocenters. The molecular weight excluding hydrogens is 366 g/mol. The number of hydrogen-bond acceptors (Lipinski definition) is 4. The minimum atomic E-state index is -0.0871. The van der Waals surface area contributed by atoms with E-state index in [9.17, 15) is 9.59 Å². The summed E-state index contributed by atoms with van der Waals surface area (Å²) in [4.78, 5) is 27.3. The average molecular weight is 386 g/mol. The molecule has 2 aromatic carbocycles. The van der Waals surface area contributed by atoms with Crippen molar-refractivity contribution in [3.05, 3.63) is 58.6 Å². The lowest BCUT2D eigenvalue weighted by Crippen LogP contribution is -2.40. The van der Waals surface area contributed by atoms with E-state index in [1.807, 2.05) is 0 Å². The first kappa shape index (κ1) is 17.9. The van der Waals surface area contributed by atoms with Gasteiger partial charge in [0.05, 0.1) is 0 Å². The van der Waals surface area contributed by atoms with Crippen LogP contribution >= 0.6 is 11.6 Å². The number of fused-ring (bicyclic) bond motifs is 1. The molecular formula is C21H20ClNO4. The summed E-state index contributed by atoms with van der Waals surface area (Å²) in [6.07, 6.45) is 1.30. The lowest BCUT2D eigenvalue weighted by Gasteiger charge is -2.31. The van der Waals surface area contributed by atoms with E-state index in [1.165, 1.54) is 0 Å². The number of carbonyl (C=O) groups excluding carboxylic acids is 2. The molecule has 2 aromatic rings. The van der Waals surface area contributed by atoms with Crippen LogP contribution in [0.25, 0.3) is 0 Å². The number of benzene rings is 2. The van der Waals surface area contributed by atoms with Crippen molar-refractivity contribution < 1.29 is 19.1 Å².